The fraction of sp³-hybridized carbons (Fsp3) is 0.250. The Morgan fingerprint density at radius 1 is 1.13 bits per heavy atom. The molecule has 11 heteroatoms. The molecule has 1 aliphatic rings. The molecule has 3 aromatic carbocycles. The van der Waals surface area contributed by atoms with Gasteiger partial charge in [0.1, 0.15) is 30.5 Å². The fourth-order valence-electron chi connectivity index (χ4n) is 4.29. The van der Waals surface area contributed by atoms with Gasteiger partial charge in [0.05, 0.1) is 17.3 Å². The van der Waals surface area contributed by atoms with Crippen LogP contribution in [0.5, 0.6) is 5.75 Å². The molecule has 0 radical (unpaired) electrons. The second-order valence-electron chi connectivity index (χ2n) is 9.06. The molecule has 4 amide bonds. The molecule has 0 spiro atoms. The maximum atomic E-state index is 13.7. The van der Waals surface area contributed by atoms with E-state index >= 15 is 0 Å². The van der Waals surface area contributed by atoms with Gasteiger partial charge in [-0.25, -0.2) is 9.69 Å². The van der Waals surface area contributed by atoms with Crippen molar-refractivity contribution in [3.63, 3.8) is 0 Å². The van der Waals surface area contributed by atoms with Gasteiger partial charge in [-0.05, 0) is 64.0 Å². The van der Waals surface area contributed by atoms with Crippen LogP contribution in [-0.4, -0.2) is 58.3 Å². The van der Waals surface area contributed by atoms with Gasteiger partial charge < -0.3 is 25.6 Å². The Kier molecular flexibility index (Phi) is 9.44. The molecule has 204 valence electrons. The molecule has 4 rings (SSSR count). The Morgan fingerprint density at radius 3 is 2.46 bits per heavy atom. The first kappa shape index (κ1) is 28.8. The first-order valence-corrected chi connectivity index (χ1v) is 13.6. The van der Waals surface area contributed by atoms with E-state index in [4.69, 9.17) is 21.4 Å². The Bertz CT molecular complexity index is 1340. The minimum Gasteiger partial charge on any atom is -0.491 e. The predicted molar refractivity (Wildman–Crippen MR) is 155 cm³/mol. The fourth-order valence-corrected chi connectivity index (χ4v) is 5.19. The maximum Gasteiger partial charge on any atom is 0.325 e. The number of benzene rings is 3. The number of nitrogens with zero attached hydrogens (tertiary/aromatic N) is 1. The number of halogens is 2. The van der Waals surface area contributed by atoms with Crippen LogP contribution in [0, 0.1) is 3.57 Å². The summed E-state index contributed by atoms with van der Waals surface area (Å²) in [5, 5.41) is 24.2. The van der Waals surface area contributed by atoms with E-state index in [1.54, 1.807) is 49.4 Å². The van der Waals surface area contributed by atoms with Gasteiger partial charge in [0.15, 0.2) is 0 Å². The molecule has 0 bridgehead atoms. The van der Waals surface area contributed by atoms with Crippen molar-refractivity contribution in [1.29, 1.82) is 0 Å². The lowest BCUT2D eigenvalue weighted by atomic mass is 9.91. The van der Waals surface area contributed by atoms with Crippen LogP contribution in [-0.2, 0) is 9.59 Å². The number of hydrogen-bond donors (Lipinski definition) is 4. The number of urea groups is 1. The number of aliphatic hydroxyl groups excluding tert-OH is 2. The number of hydrogen-bond acceptors (Lipinski definition) is 6. The molecule has 1 aliphatic heterocycles. The number of amides is 4. The monoisotopic (exact) mass is 663 g/mol. The predicted octanol–water partition coefficient (Wildman–Crippen LogP) is 4.08. The Labute approximate surface area is 244 Å². The smallest absolute Gasteiger partial charge is 0.325 e. The summed E-state index contributed by atoms with van der Waals surface area (Å²) in [6, 6.07) is 17.9. The summed E-state index contributed by atoms with van der Waals surface area (Å²) in [6.45, 7) is 1.26. The van der Waals surface area contributed by atoms with Crippen molar-refractivity contribution in [3.05, 3.63) is 92.5 Å². The van der Waals surface area contributed by atoms with E-state index in [0.717, 1.165) is 14.0 Å². The normalized spacial score (nSPS) is 17.4. The van der Waals surface area contributed by atoms with Crippen molar-refractivity contribution in [2.75, 3.05) is 18.5 Å². The molecular weight excluding hydrogens is 637 g/mol. The van der Waals surface area contributed by atoms with Crippen molar-refractivity contribution in [3.8, 4) is 5.75 Å². The number of carbonyl (C=O) groups excluding carboxylic acids is 3. The zero-order valence-electron chi connectivity index (χ0n) is 20.9. The second kappa shape index (κ2) is 12.8. The van der Waals surface area contributed by atoms with Gasteiger partial charge in [-0.2, -0.15) is 0 Å². The zero-order chi connectivity index (χ0) is 28.1. The summed E-state index contributed by atoms with van der Waals surface area (Å²) in [5.74, 6) is -1.23. The van der Waals surface area contributed by atoms with Crippen molar-refractivity contribution in [1.82, 2.24) is 10.2 Å². The third-order valence-electron chi connectivity index (χ3n) is 6.37. The van der Waals surface area contributed by atoms with E-state index < -0.39 is 48.6 Å². The summed E-state index contributed by atoms with van der Waals surface area (Å²) in [4.78, 5) is 41.5. The SMILES string of the molecule is C[C@@H](c1ccccc1)[C@@H](C(=O)Nc1ccc(I)cc1Cl)N1C(=O)NC(c2ccc(OCC(O)CO)cc2)C1=O. The number of imide groups is 1. The number of rotatable bonds is 10. The third kappa shape index (κ3) is 6.70. The second-order valence-corrected chi connectivity index (χ2v) is 10.7. The van der Waals surface area contributed by atoms with Crippen LogP contribution in [0.15, 0.2) is 72.8 Å². The summed E-state index contributed by atoms with van der Waals surface area (Å²) < 4.78 is 6.30. The third-order valence-corrected chi connectivity index (χ3v) is 7.36. The number of anilines is 1. The van der Waals surface area contributed by atoms with Crippen LogP contribution < -0.4 is 15.4 Å². The lowest BCUT2D eigenvalue weighted by molar-refractivity contribution is -0.134. The quantitative estimate of drug-likeness (QED) is 0.191. The first-order chi connectivity index (χ1) is 18.7. The van der Waals surface area contributed by atoms with E-state index in [-0.39, 0.29) is 6.61 Å². The van der Waals surface area contributed by atoms with Crippen LogP contribution in [0.3, 0.4) is 0 Å². The molecule has 3 aromatic rings. The molecular formula is C28H27ClIN3O6. The van der Waals surface area contributed by atoms with Crippen molar-refractivity contribution in [2.45, 2.75) is 31.0 Å². The standard InChI is InChI=1S/C28H27ClIN3O6/c1-16(17-5-3-2-4-6-17)25(26(36)31-23-12-9-19(30)13-22(23)29)33-27(37)24(32-28(33)38)18-7-10-21(11-8-18)39-15-20(35)14-34/h2-13,16,20,24-25,34-35H,14-15H2,1H3,(H,31,36)(H,32,38)/t16-,20?,24?,25-/m0/s1. The van der Waals surface area contributed by atoms with Crippen LogP contribution in [0.25, 0.3) is 0 Å². The van der Waals surface area contributed by atoms with Gasteiger partial charge in [-0.15, -0.1) is 0 Å². The molecule has 4 N–H and O–H groups in total. The van der Waals surface area contributed by atoms with Crippen LogP contribution in [0.4, 0.5) is 10.5 Å². The highest BCUT2D eigenvalue weighted by Crippen LogP contribution is 2.32. The molecule has 0 aromatic heterocycles. The molecule has 39 heavy (non-hydrogen) atoms. The zero-order valence-corrected chi connectivity index (χ0v) is 23.8. The summed E-state index contributed by atoms with van der Waals surface area (Å²) in [5.41, 5.74) is 1.65. The van der Waals surface area contributed by atoms with Crippen LogP contribution in [0.2, 0.25) is 5.02 Å². The van der Waals surface area contributed by atoms with E-state index in [1.165, 1.54) is 0 Å². The van der Waals surface area contributed by atoms with Gasteiger partial charge in [0, 0.05) is 9.49 Å². The minimum atomic E-state index is -1.16. The number of nitrogens with one attached hydrogen (secondary N) is 2. The Morgan fingerprint density at radius 2 is 1.82 bits per heavy atom. The highest BCUT2D eigenvalue weighted by Gasteiger charge is 2.47. The highest BCUT2D eigenvalue weighted by atomic mass is 127. The molecule has 2 unspecified atom stereocenters. The van der Waals surface area contributed by atoms with Gasteiger partial charge in [-0.3, -0.25) is 9.59 Å². The molecule has 0 saturated carbocycles. The average molecular weight is 664 g/mol. The van der Waals surface area contributed by atoms with Gasteiger partial charge in [-0.1, -0.05) is 61.0 Å². The highest BCUT2D eigenvalue weighted by molar-refractivity contribution is 14.1. The van der Waals surface area contributed by atoms with Crippen molar-refractivity contribution >= 4 is 57.7 Å². The van der Waals surface area contributed by atoms with E-state index in [0.29, 0.717) is 22.0 Å². The van der Waals surface area contributed by atoms with Gasteiger partial charge in [0.2, 0.25) is 5.91 Å². The minimum absolute atomic E-state index is 0.0958. The summed E-state index contributed by atoms with van der Waals surface area (Å²) in [7, 11) is 0. The summed E-state index contributed by atoms with van der Waals surface area (Å²) in [6.07, 6.45) is -1.02. The van der Waals surface area contributed by atoms with Crippen molar-refractivity contribution in [2.24, 2.45) is 0 Å². The lowest BCUT2D eigenvalue weighted by Gasteiger charge is -2.30. The molecule has 4 atom stereocenters. The van der Waals surface area contributed by atoms with Crippen molar-refractivity contribution < 1.29 is 29.3 Å². The number of aliphatic hydroxyl groups is 2. The number of carbonyl (C=O) groups is 3. The van der Waals surface area contributed by atoms with Crippen LogP contribution in [0.1, 0.15) is 30.0 Å². The van der Waals surface area contributed by atoms with E-state index in [1.807, 2.05) is 30.3 Å². The lowest BCUT2D eigenvalue weighted by Crippen LogP contribution is -2.50. The Balaban J connectivity index is 1.60. The van der Waals surface area contributed by atoms with E-state index in [2.05, 4.69) is 33.2 Å². The Hall–Kier alpha value is -3.19. The summed E-state index contributed by atoms with van der Waals surface area (Å²) >= 11 is 8.45. The molecule has 1 fully saturated rings. The van der Waals surface area contributed by atoms with E-state index in [9.17, 15) is 19.5 Å². The molecule has 9 nitrogen and oxygen atoms in total. The van der Waals surface area contributed by atoms with Gasteiger partial charge in [0.25, 0.3) is 5.91 Å². The first-order valence-electron chi connectivity index (χ1n) is 12.2. The topological polar surface area (TPSA) is 128 Å². The van der Waals surface area contributed by atoms with Crippen LogP contribution >= 0.6 is 34.2 Å². The number of ether oxygens (including phenoxy) is 1. The molecule has 1 saturated heterocycles. The molecule has 1 heterocycles. The molecule has 0 aliphatic carbocycles. The maximum absolute atomic E-state index is 13.7. The largest absolute Gasteiger partial charge is 0.491 e. The average Bonchev–Trinajstić information content (AvgIpc) is 3.23. The van der Waals surface area contributed by atoms with Gasteiger partial charge >= 0.3 is 6.03 Å².